The van der Waals surface area contributed by atoms with Crippen LogP contribution in [0.2, 0.25) is 0 Å². The van der Waals surface area contributed by atoms with Crippen LogP contribution in [0.3, 0.4) is 0 Å². The van der Waals surface area contributed by atoms with E-state index in [1.807, 2.05) is 0 Å². The van der Waals surface area contributed by atoms with E-state index in [9.17, 15) is 14.4 Å². The van der Waals surface area contributed by atoms with E-state index in [0.717, 1.165) is 25.7 Å². The molecule has 2 aliphatic heterocycles. The summed E-state index contributed by atoms with van der Waals surface area (Å²) in [5.74, 6) is 0.226. The minimum Gasteiger partial charge on any atom is -0.486 e. The summed E-state index contributed by atoms with van der Waals surface area (Å²) in [7, 11) is 0. The van der Waals surface area contributed by atoms with Crippen molar-refractivity contribution in [3.8, 4) is 11.5 Å². The van der Waals surface area contributed by atoms with Crippen LogP contribution < -0.4 is 25.0 Å². The molecule has 0 bridgehead atoms. The third kappa shape index (κ3) is 5.11. The molecule has 1 saturated carbocycles. The number of amides is 3. The van der Waals surface area contributed by atoms with Crippen molar-refractivity contribution >= 4 is 23.4 Å². The fraction of sp³-hybridized carbons (Fsp3) is 0.609. The van der Waals surface area contributed by atoms with Gasteiger partial charge in [0.15, 0.2) is 11.5 Å². The standard InChI is InChI=1S/C23H31N3O5/c1-15(22(28)25-17-6-4-2-3-5-7-17)24-23(29)16-12-21(27)26(14-16)18-8-9-19-20(13-18)31-11-10-30-19/h8-9,13,15-17H,2-7,10-12,14H2,1H3,(H,24,29)(H,25,28)/t15-,16-/m0/s1. The second-order valence-electron chi connectivity index (χ2n) is 8.66. The van der Waals surface area contributed by atoms with Crippen molar-refractivity contribution in [2.24, 2.45) is 5.92 Å². The number of ether oxygens (including phenoxy) is 2. The Labute approximate surface area is 182 Å². The lowest BCUT2D eigenvalue weighted by Crippen LogP contribution is -2.49. The van der Waals surface area contributed by atoms with Crippen molar-refractivity contribution in [2.45, 2.75) is 64.0 Å². The molecule has 168 valence electrons. The van der Waals surface area contributed by atoms with Crippen molar-refractivity contribution in [2.75, 3.05) is 24.7 Å². The molecule has 2 N–H and O–H groups in total. The lowest BCUT2D eigenvalue weighted by molar-refractivity contribution is -0.131. The van der Waals surface area contributed by atoms with Gasteiger partial charge >= 0.3 is 0 Å². The summed E-state index contributed by atoms with van der Waals surface area (Å²) in [5, 5.41) is 5.86. The van der Waals surface area contributed by atoms with Crippen LogP contribution in [0.15, 0.2) is 18.2 Å². The fourth-order valence-electron chi connectivity index (χ4n) is 4.48. The lowest BCUT2D eigenvalue weighted by atomic mass is 10.1. The molecule has 8 heteroatoms. The van der Waals surface area contributed by atoms with Crippen molar-refractivity contribution in [3.63, 3.8) is 0 Å². The van der Waals surface area contributed by atoms with Crippen LogP contribution >= 0.6 is 0 Å². The monoisotopic (exact) mass is 429 g/mol. The minimum atomic E-state index is -0.630. The zero-order valence-corrected chi connectivity index (χ0v) is 18.0. The van der Waals surface area contributed by atoms with Crippen molar-refractivity contribution < 1.29 is 23.9 Å². The van der Waals surface area contributed by atoms with E-state index < -0.39 is 12.0 Å². The minimum absolute atomic E-state index is 0.118. The second kappa shape index (κ2) is 9.58. The van der Waals surface area contributed by atoms with Gasteiger partial charge in [0.2, 0.25) is 17.7 Å². The van der Waals surface area contributed by atoms with Gasteiger partial charge < -0.3 is 25.0 Å². The summed E-state index contributed by atoms with van der Waals surface area (Å²) in [6.45, 7) is 2.94. The highest BCUT2D eigenvalue weighted by molar-refractivity contribution is 6.01. The second-order valence-corrected chi connectivity index (χ2v) is 8.66. The van der Waals surface area contributed by atoms with Gasteiger partial charge in [0, 0.05) is 30.8 Å². The Morgan fingerprint density at radius 2 is 1.77 bits per heavy atom. The van der Waals surface area contributed by atoms with Crippen LogP contribution in [0, 0.1) is 5.92 Å². The van der Waals surface area contributed by atoms with Gasteiger partial charge in [-0.05, 0) is 31.9 Å². The first kappa shape index (κ1) is 21.5. The van der Waals surface area contributed by atoms with Crippen LogP contribution in [-0.2, 0) is 14.4 Å². The van der Waals surface area contributed by atoms with Crippen LogP contribution in [0.1, 0.15) is 51.9 Å². The molecule has 1 aromatic rings. The van der Waals surface area contributed by atoms with E-state index in [0.29, 0.717) is 30.4 Å². The summed E-state index contributed by atoms with van der Waals surface area (Å²) in [6, 6.07) is 4.91. The molecule has 31 heavy (non-hydrogen) atoms. The molecule has 3 aliphatic rings. The number of nitrogens with one attached hydrogen (secondary N) is 2. The molecule has 2 fully saturated rings. The van der Waals surface area contributed by atoms with Crippen LogP contribution in [0.25, 0.3) is 0 Å². The highest BCUT2D eigenvalue weighted by Crippen LogP contribution is 2.36. The van der Waals surface area contributed by atoms with E-state index in [2.05, 4.69) is 10.6 Å². The van der Waals surface area contributed by atoms with Crippen LogP contribution in [0.5, 0.6) is 11.5 Å². The van der Waals surface area contributed by atoms with Crippen LogP contribution in [-0.4, -0.2) is 49.6 Å². The van der Waals surface area contributed by atoms with Crippen molar-refractivity contribution in [1.82, 2.24) is 10.6 Å². The summed E-state index contributed by atoms with van der Waals surface area (Å²) in [5.41, 5.74) is 0.684. The summed E-state index contributed by atoms with van der Waals surface area (Å²) in [6.07, 6.45) is 6.80. The molecule has 1 aromatic carbocycles. The zero-order valence-electron chi connectivity index (χ0n) is 18.0. The molecule has 4 rings (SSSR count). The van der Waals surface area contributed by atoms with Gasteiger partial charge in [0.25, 0.3) is 0 Å². The Bertz CT molecular complexity index is 835. The third-order valence-electron chi connectivity index (χ3n) is 6.29. The maximum atomic E-state index is 12.7. The maximum Gasteiger partial charge on any atom is 0.242 e. The largest absolute Gasteiger partial charge is 0.486 e. The third-order valence-corrected chi connectivity index (χ3v) is 6.29. The van der Waals surface area contributed by atoms with Gasteiger partial charge in [-0.25, -0.2) is 0 Å². The normalized spacial score (nSPS) is 22.5. The highest BCUT2D eigenvalue weighted by atomic mass is 16.6. The van der Waals surface area contributed by atoms with E-state index in [4.69, 9.17) is 9.47 Å². The summed E-state index contributed by atoms with van der Waals surface area (Å²) < 4.78 is 11.1. The predicted octanol–water partition coefficient (Wildman–Crippen LogP) is 2.15. The average Bonchev–Trinajstić information content (AvgIpc) is 2.98. The molecule has 0 radical (unpaired) electrons. The zero-order chi connectivity index (χ0) is 21.8. The number of benzene rings is 1. The number of anilines is 1. The Morgan fingerprint density at radius 3 is 2.52 bits per heavy atom. The molecule has 2 atom stereocenters. The number of rotatable bonds is 5. The molecule has 0 spiro atoms. The number of hydrogen-bond donors (Lipinski definition) is 2. The highest BCUT2D eigenvalue weighted by Gasteiger charge is 2.36. The predicted molar refractivity (Wildman–Crippen MR) is 115 cm³/mol. The van der Waals surface area contributed by atoms with Gasteiger partial charge in [0.1, 0.15) is 19.3 Å². The summed E-state index contributed by atoms with van der Waals surface area (Å²) in [4.78, 5) is 39.4. The number of carbonyl (C=O) groups excluding carboxylic acids is 3. The van der Waals surface area contributed by atoms with Gasteiger partial charge in [-0.2, -0.15) is 0 Å². The van der Waals surface area contributed by atoms with Gasteiger partial charge in [0.05, 0.1) is 5.92 Å². The number of carbonyl (C=O) groups is 3. The van der Waals surface area contributed by atoms with E-state index in [-0.39, 0.29) is 36.7 Å². The van der Waals surface area contributed by atoms with Crippen LogP contribution in [0.4, 0.5) is 5.69 Å². The molecule has 3 amide bonds. The van der Waals surface area contributed by atoms with Gasteiger partial charge in [-0.3, -0.25) is 14.4 Å². The van der Waals surface area contributed by atoms with Crippen molar-refractivity contribution in [3.05, 3.63) is 18.2 Å². The number of hydrogen-bond acceptors (Lipinski definition) is 5. The molecule has 0 unspecified atom stereocenters. The molecular weight excluding hydrogens is 398 g/mol. The Balaban J connectivity index is 1.32. The van der Waals surface area contributed by atoms with E-state index in [1.165, 1.54) is 12.8 Å². The summed E-state index contributed by atoms with van der Waals surface area (Å²) >= 11 is 0. The van der Waals surface area contributed by atoms with E-state index in [1.54, 1.807) is 30.0 Å². The Morgan fingerprint density at radius 1 is 1.06 bits per heavy atom. The smallest absolute Gasteiger partial charge is 0.242 e. The Kier molecular flexibility index (Phi) is 6.63. The fourth-order valence-corrected chi connectivity index (χ4v) is 4.48. The molecule has 0 aromatic heterocycles. The first-order valence-electron chi connectivity index (χ1n) is 11.3. The molecule has 2 heterocycles. The lowest BCUT2D eigenvalue weighted by Gasteiger charge is -2.23. The van der Waals surface area contributed by atoms with E-state index >= 15 is 0 Å². The first-order chi connectivity index (χ1) is 15.0. The van der Waals surface area contributed by atoms with Gasteiger partial charge in [-0.15, -0.1) is 0 Å². The molecule has 1 saturated heterocycles. The molecular formula is C23H31N3O5. The number of fused-ring (bicyclic) bond motifs is 1. The molecule has 8 nitrogen and oxygen atoms in total. The van der Waals surface area contributed by atoms with Crippen molar-refractivity contribution in [1.29, 1.82) is 0 Å². The van der Waals surface area contributed by atoms with Gasteiger partial charge in [-0.1, -0.05) is 25.7 Å². The molecule has 1 aliphatic carbocycles. The Hall–Kier alpha value is -2.77. The maximum absolute atomic E-state index is 12.7. The number of nitrogens with zero attached hydrogens (tertiary/aromatic N) is 1. The quantitative estimate of drug-likeness (QED) is 0.699. The average molecular weight is 430 g/mol. The first-order valence-corrected chi connectivity index (χ1v) is 11.3. The SMILES string of the molecule is C[C@H](NC(=O)[C@H]1CC(=O)N(c2ccc3c(c2)OCCO3)C1)C(=O)NC1CCCCCC1. The topological polar surface area (TPSA) is 97.0 Å².